The average molecular weight is 454 g/mol. The van der Waals surface area contributed by atoms with Crippen molar-refractivity contribution in [1.82, 2.24) is 0 Å². The van der Waals surface area contributed by atoms with Gasteiger partial charge < -0.3 is 10.2 Å². The number of halogens is 4. The number of hydrogen-bond donors (Lipinski definition) is 2. The third-order valence-corrected chi connectivity index (χ3v) is 4.63. The molecule has 0 spiro atoms. The van der Waals surface area contributed by atoms with E-state index in [-0.39, 0.29) is 6.61 Å². The molecule has 0 aliphatic carbocycles. The summed E-state index contributed by atoms with van der Waals surface area (Å²) in [4.78, 5) is 0. The third-order valence-electron chi connectivity index (χ3n) is 1.68. The fraction of sp³-hybridized carbons (Fsp3) is 0.250. The molecule has 78 valence electrons. The quantitative estimate of drug-likeness (QED) is 0.672. The van der Waals surface area contributed by atoms with Crippen molar-refractivity contribution in [2.24, 2.45) is 0 Å². The first-order valence-corrected chi connectivity index (χ1v) is 6.73. The van der Waals surface area contributed by atoms with Crippen LogP contribution < -0.4 is 0 Å². The highest BCUT2D eigenvalue weighted by atomic mass is 79.9. The Kier molecular flexibility index (Phi) is 4.62. The molecule has 6 heteroatoms. The minimum absolute atomic E-state index is 0.158. The monoisotopic (exact) mass is 450 g/mol. The summed E-state index contributed by atoms with van der Waals surface area (Å²) in [7, 11) is 0. The Balaban J connectivity index is 3.39. The maximum absolute atomic E-state index is 9.70. The maximum Gasteiger partial charge on any atom is 0.201 e. The highest BCUT2D eigenvalue weighted by Crippen LogP contribution is 2.41. The highest BCUT2D eigenvalue weighted by Gasteiger charge is 2.25. The van der Waals surface area contributed by atoms with Crippen molar-refractivity contribution < 1.29 is 10.2 Å². The summed E-state index contributed by atoms with van der Waals surface area (Å²) in [5.41, 5.74) is 1.19. The molecule has 0 atom stereocenters. The summed E-state index contributed by atoms with van der Waals surface area (Å²) in [5, 5.41) is 18.9. The third kappa shape index (κ3) is 2.80. The summed E-state index contributed by atoms with van der Waals surface area (Å²) >= 11 is 12.8. The Morgan fingerprint density at radius 1 is 1.21 bits per heavy atom. The van der Waals surface area contributed by atoms with Crippen LogP contribution in [0.4, 0.5) is 0 Å². The summed E-state index contributed by atoms with van der Waals surface area (Å²) < 4.78 is 0.241. The van der Waals surface area contributed by atoms with E-state index in [2.05, 4.69) is 63.7 Å². The van der Waals surface area contributed by atoms with Gasteiger partial charge >= 0.3 is 0 Å². The van der Waals surface area contributed by atoms with E-state index >= 15 is 0 Å². The number of aliphatic hydroxyl groups excluding tert-OH is 1. The van der Waals surface area contributed by atoms with E-state index in [9.17, 15) is 10.2 Å². The van der Waals surface area contributed by atoms with E-state index in [0.29, 0.717) is 11.1 Å². The predicted molar refractivity (Wildman–Crippen MR) is 69.5 cm³/mol. The van der Waals surface area contributed by atoms with Crippen LogP contribution in [0.15, 0.2) is 21.1 Å². The molecular formula is C8H6Br4O2. The molecule has 0 bridgehead atoms. The molecule has 0 saturated heterocycles. The number of hydrogen-bond acceptors (Lipinski definition) is 2. The second kappa shape index (κ2) is 4.93. The molecule has 1 aromatic carbocycles. The van der Waals surface area contributed by atoms with Gasteiger partial charge in [-0.15, -0.1) is 0 Å². The van der Waals surface area contributed by atoms with Gasteiger partial charge in [-0.3, -0.25) is 0 Å². The zero-order chi connectivity index (χ0) is 10.9. The normalized spacial score (nSPS) is 11.9. The molecule has 0 aliphatic heterocycles. The second-order valence-electron chi connectivity index (χ2n) is 2.59. The minimum Gasteiger partial charge on any atom is -0.392 e. The first kappa shape index (κ1) is 13.1. The lowest BCUT2D eigenvalue weighted by molar-refractivity contribution is 0.237. The number of rotatable bonds is 2. The van der Waals surface area contributed by atoms with Crippen LogP contribution in [-0.2, 0) is 10.0 Å². The Bertz CT molecular complexity index is 346. The van der Waals surface area contributed by atoms with Gasteiger partial charge in [0.25, 0.3) is 0 Å². The van der Waals surface area contributed by atoms with Crippen LogP contribution in [-0.4, -0.2) is 10.2 Å². The fourth-order valence-electron chi connectivity index (χ4n) is 1.03. The van der Waals surface area contributed by atoms with Crippen LogP contribution in [0.25, 0.3) is 0 Å². The van der Waals surface area contributed by atoms with Gasteiger partial charge in [0.15, 0.2) is 0 Å². The smallest absolute Gasteiger partial charge is 0.201 e. The van der Waals surface area contributed by atoms with Crippen LogP contribution >= 0.6 is 63.7 Å². The number of benzene rings is 1. The molecule has 0 heterocycles. The zero-order valence-electron chi connectivity index (χ0n) is 6.77. The SMILES string of the molecule is OCc1c(C(O)(Br)Br)ccc(Br)c1Br. The van der Waals surface area contributed by atoms with Crippen LogP contribution in [0, 0.1) is 0 Å². The van der Waals surface area contributed by atoms with E-state index < -0.39 is 3.42 Å². The molecule has 0 aliphatic rings. The molecule has 0 amide bonds. The largest absolute Gasteiger partial charge is 0.392 e. The fourth-order valence-corrected chi connectivity index (χ4v) is 2.61. The topological polar surface area (TPSA) is 40.5 Å². The molecule has 0 unspecified atom stereocenters. The summed E-state index contributed by atoms with van der Waals surface area (Å²) in [6, 6.07) is 3.50. The van der Waals surface area contributed by atoms with Crippen molar-refractivity contribution in [1.29, 1.82) is 0 Å². The Morgan fingerprint density at radius 3 is 2.21 bits per heavy atom. The molecule has 0 radical (unpaired) electrons. The van der Waals surface area contributed by atoms with Crippen molar-refractivity contribution in [3.63, 3.8) is 0 Å². The first-order valence-electron chi connectivity index (χ1n) is 3.56. The van der Waals surface area contributed by atoms with E-state index in [1.54, 1.807) is 12.1 Å². The molecular weight excluding hydrogens is 448 g/mol. The molecule has 0 fully saturated rings. The first-order chi connectivity index (χ1) is 6.38. The highest BCUT2D eigenvalue weighted by molar-refractivity contribution is 9.24. The van der Waals surface area contributed by atoms with E-state index in [1.807, 2.05) is 0 Å². The van der Waals surface area contributed by atoms with Gasteiger partial charge in [0.05, 0.1) is 6.61 Å². The van der Waals surface area contributed by atoms with Crippen molar-refractivity contribution in [3.8, 4) is 0 Å². The zero-order valence-corrected chi connectivity index (χ0v) is 13.1. The van der Waals surface area contributed by atoms with Gasteiger partial charge in [-0.05, 0) is 69.8 Å². The number of alkyl halides is 2. The number of aliphatic hydroxyl groups is 2. The standard InChI is InChI=1S/C8H6Br4O2/c9-6-2-1-5(8(11,12)14)4(3-13)7(6)10/h1-2,13-14H,3H2. The van der Waals surface area contributed by atoms with Crippen molar-refractivity contribution in [3.05, 3.63) is 32.2 Å². The molecule has 1 aromatic rings. The average Bonchev–Trinajstić information content (AvgIpc) is 2.07. The minimum atomic E-state index is -1.32. The predicted octanol–water partition coefficient (Wildman–Crippen LogP) is 3.60. The summed E-state index contributed by atoms with van der Waals surface area (Å²) in [6.45, 7) is -0.158. The van der Waals surface area contributed by atoms with Crippen molar-refractivity contribution in [2.75, 3.05) is 0 Å². The lowest BCUT2D eigenvalue weighted by Gasteiger charge is -2.18. The Labute approximate surface area is 115 Å². The molecule has 0 saturated carbocycles. The van der Waals surface area contributed by atoms with Crippen molar-refractivity contribution in [2.45, 2.75) is 10.0 Å². The molecule has 2 N–H and O–H groups in total. The lowest BCUT2D eigenvalue weighted by Crippen LogP contribution is -2.11. The maximum atomic E-state index is 9.70. The Hall–Kier alpha value is 1.06. The van der Waals surface area contributed by atoms with E-state index in [4.69, 9.17) is 0 Å². The van der Waals surface area contributed by atoms with Crippen LogP contribution in [0.3, 0.4) is 0 Å². The molecule has 1 rings (SSSR count). The van der Waals surface area contributed by atoms with Crippen LogP contribution in [0.1, 0.15) is 11.1 Å². The van der Waals surface area contributed by atoms with E-state index in [1.165, 1.54) is 0 Å². The summed E-state index contributed by atoms with van der Waals surface area (Å²) in [5.74, 6) is 0. The van der Waals surface area contributed by atoms with Gasteiger partial charge in [-0.25, -0.2) is 0 Å². The van der Waals surface area contributed by atoms with Crippen molar-refractivity contribution >= 4 is 63.7 Å². The van der Waals surface area contributed by atoms with Gasteiger partial charge in [-0.2, -0.15) is 0 Å². The lowest BCUT2D eigenvalue weighted by atomic mass is 10.1. The summed E-state index contributed by atoms with van der Waals surface area (Å²) in [6.07, 6.45) is 0. The van der Waals surface area contributed by atoms with E-state index in [0.717, 1.165) is 8.95 Å². The molecule has 0 aromatic heterocycles. The Morgan fingerprint density at radius 2 is 1.79 bits per heavy atom. The van der Waals surface area contributed by atoms with Gasteiger partial charge in [0.1, 0.15) is 0 Å². The van der Waals surface area contributed by atoms with Gasteiger partial charge in [-0.1, -0.05) is 6.07 Å². The second-order valence-corrected chi connectivity index (χ2v) is 7.59. The molecule has 2 nitrogen and oxygen atoms in total. The van der Waals surface area contributed by atoms with Gasteiger partial charge in [0, 0.05) is 20.1 Å². The van der Waals surface area contributed by atoms with Crippen LogP contribution in [0.5, 0.6) is 0 Å². The molecule has 14 heavy (non-hydrogen) atoms. The van der Waals surface area contributed by atoms with Crippen LogP contribution in [0.2, 0.25) is 0 Å². The van der Waals surface area contributed by atoms with Gasteiger partial charge in [0.2, 0.25) is 3.42 Å².